The summed E-state index contributed by atoms with van der Waals surface area (Å²) in [5.74, 6) is 1.92. The molecule has 8 nitrogen and oxygen atoms in total. The Morgan fingerprint density at radius 2 is 1.86 bits per heavy atom. The Labute approximate surface area is 263 Å². The lowest BCUT2D eigenvalue weighted by molar-refractivity contribution is -0.644. The first-order valence-corrected chi connectivity index (χ1v) is 16.7. The molecule has 0 atom stereocenters. The lowest BCUT2D eigenvalue weighted by Crippen LogP contribution is -2.28. The molecule has 2 heterocycles. The van der Waals surface area contributed by atoms with Gasteiger partial charge in [-0.25, -0.2) is 4.57 Å². The van der Waals surface area contributed by atoms with Crippen molar-refractivity contribution in [3.05, 3.63) is 120 Å². The van der Waals surface area contributed by atoms with Gasteiger partial charge in [0.25, 0.3) is 10.1 Å². The smallest absolute Gasteiger partial charge is 0.283 e. The molecule has 44 heavy (non-hydrogen) atoms. The van der Waals surface area contributed by atoms with Crippen LogP contribution in [0, 0.1) is 0 Å². The van der Waals surface area contributed by atoms with Crippen LogP contribution in [0.5, 0.6) is 11.5 Å². The number of fused-ring (bicyclic) bond motifs is 2. The second-order valence-corrected chi connectivity index (χ2v) is 12.7. The molecular weight excluding hydrogens is 595 g/mol. The number of nitrogens with zero attached hydrogens (tertiary/aromatic N) is 2. The minimum Gasteiger partial charge on any atom is -0.439 e. The van der Waals surface area contributed by atoms with E-state index in [0.29, 0.717) is 31.1 Å². The first kappa shape index (κ1) is 31.3. The highest BCUT2D eigenvalue weighted by atomic mass is 32.2. The van der Waals surface area contributed by atoms with Gasteiger partial charge in [0.15, 0.2) is 11.9 Å². The fourth-order valence-corrected chi connectivity index (χ4v) is 6.11. The van der Waals surface area contributed by atoms with Crippen molar-refractivity contribution in [2.75, 3.05) is 23.7 Å². The molecule has 0 saturated heterocycles. The Morgan fingerprint density at radius 1 is 1.07 bits per heavy atom. The number of allylic oxidation sites excluding steroid dienone is 4. The average molecular weight is 631 g/mol. The third-order valence-electron chi connectivity index (χ3n) is 6.87. The predicted octanol–water partition coefficient (Wildman–Crippen LogP) is 6.71. The zero-order valence-electron chi connectivity index (χ0n) is 25.0. The van der Waals surface area contributed by atoms with E-state index in [0.717, 1.165) is 33.0 Å². The topological polar surface area (TPSA) is 81.0 Å². The zero-order chi connectivity index (χ0) is 30.9. The number of nitrogens with one attached hydrogen (secondary N) is 1. The van der Waals surface area contributed by atoms with Crippen molar-refractivity contribution in [2.24, 2.45) is 7.05 Å². The molecule has 1 aromatic heterocycles. The summed E-state index contributed by atoms with van der Waals surface area (Å²) in [6, 6.07) is 25.9. The van der Waals surface area contributed by atoms with Crippen LogP contribution < -0.4 is 23.9 Å². The third-order valence-corrected chi connectivity index (χ3v) is 8.76. The summed E-state index contributed by atoms with van der Waals surface area (Å²) >= 11 is 1.25. The van der Waals surface area contributed by atoms with Gasteiger partial charge in [0.05, 0.1) is 33.8 Å². The second kappa shape index (κ2) is 14.6. The third kappa shape index (κ3) is 8.09. The van der Waals surface area contributed by atoms with Crippen LogP contribution in [0.15, 0.2) is 120 Å². The van der Waals surface area contributed by atoms with Crippen molar-refractivity contribution in [1.82, 2.24) is 5.48 Å². The summed E-state index contributed by atoms with van der Waals surface area (Å²) in [6.45, 7) is 4.63. The maximum atomic E-state index is 12.2. The highest BCUT2D eigenvalue weighted by Crippen LogP contribution is 2.42. The quantitative estimate of drug-likeness (QED) is 0.0756. The fraction of sp³-hybridized carbons (Fsp3) is 0.206. The highest BCUT2D eigenvalue weighted by molar-refractivity contribution is 7.95. The molecule has 5 rings (SSSR count). The molecule has 1 N–H and O–H groups in total. The Kier molecular flexibility index (Phi) is 10.4. The summed E-state index contributed by atoms with van der Waals surface area (Å²) in [5.41, 5.74) is 6.61. The number of aryl methyl sites for hydroxylation is 1. The molecule has 10 heteroatoms. The van der Waals surface area contributed by atoms with Gasteiger partial charge in [0.1, 0.15) is 12.8 Å². The molecule has 1 aliphatic rings. The van der Waals surface area contributed by atoms with Gasteiger partial charge in [0, 0.05) is 25.2 Å². The van der Waals surface area contributed by atoms with E-state index in [1.54, 1.807) is 6.92 Å². The lowest BCUT2D eigenvalue weighted by atomic mass is 10.1. The standard InChI is InChI=1S/C34H36N3O5S2/c1-4-35-42-44(38,39)24-10-22-37-32-19-18-29(43-41-28-11-6-5-7-12-28)25-33(32)40-34(37)20-16-26(2)15-17-27-21-23-36(3)31-14-9-8-13-30(27)31/h5-9,11-21,23,25,35H,4,10,22,24H2,1-3H3/q+1. The van der Waals surface area contributed by atoms with Crippen LogP contribution in [0.4, 0.5) is 5.69 Å². The summed E-state index contributed by atoms with van der Waals surface area (Å²) in [6.07, 6.45) is 10.5. The number of ether oxygens (including phenoxy) is 1. The molecule has 3 aromatic carbocycles. The molecule has 4 aromatic rings. The number of pyridine rings is 1. The van der Waals surface area contributed by atoms with Crippen LogP contribution in [0.25, 0.3) is 17.0 Å². The summed E-state index contributed by atoms with van der Waals surface area (Å²) in [5, 5.41) is 1.18. The lowest BCUT2D eigenvalue weighted by Gasteiger charge is -2.18. The van der Waals surface area contributed by atoms with Gasteiger partial charge in [-0.2, -0.15) is 18.2 Å². The number of anilines is 1. The van der Waals surface area contributed by atoms with E-state index in [1.807, 2.05) is 91.7 Å². The van der Waals surface area contributed by atoms with Crippen LogP contribution in [-0.2, 0) is 21.4 Å². The number of hydrogen-bond donors (Lipinski definition) is 1. The Balaban J connectivity index is 1.35. The van der Waals surface area contributed by atoms with E-state index < -0.39 is 10.1 Å². The maximum absolute atomic E-state index is 12.2. The van der Waals surface area contributed by atoms with Crippen molar-refractivity contribution in [3.8, 4) is 11.5 Å². The Morgan fingerprint density at radius 3 is 2.68 bits per heavy atom. The maximum Gasteiger partial charge on any atom is 0.283 e. The number of para-hydroxylation sites is 2. The van der Waals surface area contributed by atoms with Crippen molar-refractivity contribution in [1.29, 1.82) is 0 Å². The molecule has 0 spiro atoms. The Bertz CT molecular complexity index is 1800. The molecule has 0 bridgehead atoms. The number of benzene rings is 3. The van der Waals surface area contributed by atoms with E-state index in [4.69, 9.17) is 13.2 Å². The predicted molar refractivity (Wildman–Crippen MR) is 177 cm³/mol. The van der Waals surface area contributed by atoms with Crippen molar-refractivity contribution in [2.45, 2.75) is 25.2 Å². The van der Waals surface area contributed by atoms with E-state index in [9.17, 15) is 8.42 Å². The van der Waals surface area contributed by atoms with E-state index in [-0.39, 0.29) is 5.75 Å². The summed E-state index contributed by atoms with van der Waals surface area (Å²) in [7, 11) is -1.65. The van der Waals surface area contributed by atoms with E-state index in [1.165, 1.54) is 17.4 Å². The number of rotatable bonds is 13. The van der Waals surface area contributed by atoms with Gasteiger partial charge in [-0.15, -0.1) is 0 Å². The fourth-order valence-electron chi connectivity index (χ4n) is 4.67. The largest absolute Gasteiger partial charge is 0.439 e. The second-order valence-electron chi connectivity index (χ2n) is 10.2. The molecule has 228 valence electrons. The van der Waals surface area contributed by atoms with Crippen LogP contribution in [0.2, 0.25) is 0 Å². The number of hydroxylamine groups is 1. The van der Waals surface area contributed by atoms with Crippen molar-refractivity contribution >= 4 is 44.8 Å². The molecule has 0 unspecified atom stereocenters. The monoisotopic (exact) mass is 630 g/mol. The average Bonchev–Trinajstić information content (AvgIpc) is 3.38. The van der Waals surface area contributed by atoms with Crippen molar-refractivity contribution in [3.63, 3.8) is 0 Å². The van der Waals surface area contributed by atoms with Gasteiger partial charge in [-0.3, -0.25) is 0 Å². The SMILES string of the molecule is CCNOS(=O)(=O)CCCN1/C(=C/C=C(C)/C=C/c2cc[n+](C)c3ccccc23)Oc2cc(SOc3ccccc3)ccc21. The normalized spacial score (nSPS) is 14.4. The molecule has 0 fully saturated rings. The van der Waals surface area contributed by atoms with E-state index >= 15 is 0 Å². The molecule has 0 amide bonds. The highest BCUT2D eigenvalue weighted by Gasteiger charge is 2.27. The van der Waals surface area contributed by atoms with Gasteiger partial charge in [-0.1, -0.05) is 61.1 Å². The molecule has 0 radical (unpaired) electrons. The number of hydrogen-bond acceptors (Lipinski definition) is 8. The first-order chi connectivity index (χ1) is 21.3. The van der Waals surface area contributed by atoms with Gasteiger partial charge >= 0.3 is 0 Å². The van der Waals surface area contributed by atoms with Crippen molar-refractivity contribution < 1.29 is 26.2 Å². The van der Waals surface area contributed by atoms with E-state index in [2.05, 4.69) is 46.6 Å². The van der Waals surface area contributed by atoms with Crippen LogP contribution in [0.1, 0.15) is 25.8 Å². The first-order valence-electron chi connectivity index (χ1n) is 14.4. The van der Waals surface area contributed by atoms with Crippen LogP contribution in [0.3, 0.4) is 0 Å². The minimum atomic E-state index is -3.69. The van der Waals surface area contributed by atoms with Crippen LogP contribution in [-0.4, -0.2) is 27.3 Å². The summed E-state index contributed by atoms with van der Waals surface area (Å²) < 4.78 is 43.6. The van der Waals surface area contributed by atoms with Gasteiger partial charge in [0.2, 0.25) is 11.4 Å². The molecule has 0 aliphatic carbocycles. The minimum absolute atomic E-state index is 0.127. The Hall–Kier alpha value is -4.09. The zero-order valence-corrected chi connectivity index (χ0v) is 26.6. The molecule has 1 aliphatic heterocycles. The van der Waals surface area contributed by atoms with Gasteiger partial charge in [-0.05, 0) is 61.4 Å². The summed E-state index contributed by atoms with van der Waals surface area (Å²) in [4.78, 5) is 2.87. The van der Waals surface area contributed by atoms with Gasteiger partial charge < -0.3 is 13.8 Å². The molecule has 0 saturated carbocycles. The number of aromatic nitrogens is 1. The van der Waals surface area contributed by atoms with Crippen LogP contribution >= 0.6 is 12.0 Å². The molecular formula is C34H36N3O5S2+.